The number of carbonyl (C=O) groups is 2. The van der Waals surface area contributed by atoms with Crippen LogP contribution in [0.15, 0.2) is 0 Å². The summed E-state index contributed by atoms with van der Waals surface area (Å²) >= 11 is 0. The predicted molar refractivity (Wildman–Crippen MR) is 76.2 cm³/mol. The van der Waals surface area contributed by atoms with E-state index >= 15 is 0 Å². The summed E-state index contributed by atoms with van der Waals surface area (Å²) in [5.74, 6) is 0.287. The highest BCUT2D eigenvalue weighted by atomic mass is 16.5. The summed E-state index contributed by atoms with van der Waals surface area (Å²) in [5.41, 5.74) is -1.18. The van der Waals surface area contributed by atoms with Crippen molar-refractivity contribution in [2.45, 2.75) is 64.1 Å². The highest BCUT2D eigenvalue weighted by molar-refractivity contribution is 6.00. The topological polar surface area (TPSA) is 58.6 Å². The summed E-state index contributed by atoms with van der Waals surface area (Å²) in [5, 5.41) is 2.97. The molecule has 2 fully saturated rings. The van der Waals surface area contributed by atoms with Gasteiger partial charge in [0.05, 0.1) is 12.1 Å². The molecule has 0 bridgehead atoms. The summed E-state index contributed by atoms with van der Waals surface area (Å²) < 4.78 is 5.44. The van der Waals surface area contributed by atoms with E-state index in [-0.39, 0.29) is 23.8 Å². The van der Waals surface area contributed by atoms with Crippen LogP contribution in [-0.4, -0.2) is 47.6 Å². The monoisotopic (exact) mass is 282 g/mol. The van der Waals surface area contributed by atoms with Gasteiger partial charge in [-0.15, -0.1) is 0 Å². The minimum absolute atomic E-state index is 0.0339. The molecule has 1 saturated heterocycles. The third-order valence-electron chi connectivity index (χ3n) is 4.65. The molecule has 114 valence electrons. The van der Waals surface area contributed by atoms with Crippen LogP contribution in [-0.2, 0) is 14.3 Å². The van der Waals surface area contributed by atoms with Crippen LogP contribution in [0.4, 0.5) is 0 Å². The van der Waals surface area contributed by atoms with E-state index in [2.05, 4.69) is 5.32 Å². The number of carbonyl (C=O) groups excluding carboxylic acids is 2. The SMILES string of the molecule is CCC1C(=O)NC(C)(C2CC2)C(=O)N1CC(C)(C)OC. The minimum atomic E-state index is -0.730. The van der Waals surface area contributed by atoms with Crippen LogP contribution in [0, 0.1) is 5.92 Å². The standard InChI is InChI=1S/C15H26N2O3/c1-6-11-12(18)16-15(4,10-7-8-10)13(19)17(11)9-14(2,3)20-5/h10-11H,6-9H2,1-5H3,(H,16,18). The van der Waals surface area contributed by atoms with Crippen LogP contribution >= 0.6 is 0 Å². The molecular formula is C15H26N2O3. The molecule has 2 atom stereocenters. The quantitative estimate of drug-likeness (QED) is 0.827. The molecule has 0 aromatic heterocycles. The number of rotatable bonds is 5. The first kappa shape index (κ1) is 15.3. The Bertz CT molecular complexity index is 417. The first-order chi connectivity index (χ1) is 9.25. The van der Waals surface area contributed by atoms with E-state index in [1.54, 1.807) is 12.0 Å². The molecular weight excluding hydrogens is 256 g/mol. The van der Waals surface area contributed by atoms with Gasteiger partial charge in [0.25, 0.3) is 0 Å². The summed E-state index contributed by atoms with van der Waals surface area (Å²) in [6.45, 7) is 8.12. The number of methoxy groups -OCH3 is 1. The Morgan fingerprint density at radius 3 is 2.45 bits per heavy atom. The molecule has 20 heavy (non-hydrogen) atoms. The van der Waals surface area contributed by atoms with E-state index in [4.69, 9.17) is 4.74 Å². The van der Waals surface area contributed by atoms with Gasteiger partial charge in [-0.1, -0.05) is 6.92 Å². The first-order valence-corrected chi connectivity index (χ1v) is 7.43. The molecule has 0 aromatic carbocycles. The lowest BCUT2D eigenvalue weighted by molar-refractivity contribution is -0.159. The molecule has 0 spiro atoms. The Hall–Kier alpha value is -1.10. The van der Waals surface area contributed by atoms with Crippen molar-refractivity contribution in [2.75, 3.05) is 13.7 Å². The highest BCUT2D eigenvalue weighted by Gasteiger charge is 2.55. The fourth-order valence-electron chi connectivity index (χ4n) is 2.97. The van der Waals surface area contributed by atoms with E-state index in [1.807, 2.05) is 27.7 Å². The molecule has 1 saturated carbocycles. The molecule has 5 heteroatoms. The molecule has 1 aliphatic heterocycles. The number of ether oxygens (including phenoxy) is 1. The van der Waals surface area contributed by atoms with Crippen molar-refractivity contribution in [2.24, 2.45) is 5.92 Å². The van der Waals surface area contributed by atoms with Crippen molar-refractivity contribution < 1.29 is 14.3 Å². The van der Waals surface area contributed by atoms with E-state index < -0.39 is 11.1 Å². The van der Waals surface area contributed by atoms with Crippen molar-refractivity contribution in [3.8, 4) is 0 Å². The number of nitrogens with one attached hydrogen (secondary N) is 1. The van der Waals surface area contributed by atoms with Gasteiger partial charge in [0.2, 0.25) is 11.8 Å². The Labute approximate surface area is 121 Å². The van der Waals surface area contributed by atoms with Crippen molar-refractivity contribution in [1.29, 1.82) is 0 Å². The number of piperazine rings is 1. The van der Waals surface area contributed by atoms with Crippen LogP contribution in [0.5, 0.6) is 0 Å². The number of amides is 2. The van der Waals surface area contributed by atoms with E-state index in [1.165, 1.54) is 0 Å². The minimum Gasteiger partial charge on any atom is -0.377 e. The third-order valence-corrected chi connectivity index (χ3v) is 4.65. The molecule has 2 unspecified atom stereocenters. The van der Waals surface area contributed by atoms with Gasteiger partial charge in [-0.25, -0.2) is 0 Å². The Balaban J connectivity index is 2.28. The maximum absolute atomic E-state index is 12.9. The molecule has 5 nitrogen and oxygen atoms in total. The van der Waals surface area contributed by atoms with Gasteiger partial charge >= 0.3 is 0 Å². The zero-order valence-corrected chi connectivity index (χ0v) is 13.2. The largest absolute Gasteiger partial charge is 0.377 e. The number of hydrogen-bond acceptors (Lipinski definition) is 3. The zero-order valence-electron chi connectivity index (χ0n) is 13.2. The first-order valence-electron chi connectivity index (χ1n) is 7.43. The molecule has 2 rings (SSSR count). The lowest BCUT2D eigenvalue weighted by atomic mass is 9.88. The van der Waals surface area contributed by atoms with Gasteiger partial charge in [-0.3, -0.25) is 9.59 Å². The van der Waals surface area contributed by atoms with Gasteiger partial charge in [0, 0.05) is 7.11 Å². The van der Waals surface area contributed by atoms with Crippen LogP contribution < -0.4 is 5.32 Å². The number of hydrogen-bond donors (Lipinski definition) is 1. The zero-order chi connectivity index (χ0) is 15.1. The average Bonchev–Trinajstić information content (AvgIpc) is 3.20. The van der Waals surface area contributed by atoms with Gasteiger partial charge in [-0.05, 0) is 46.0 Å². The highest BCUT2D eigenvalue weighted by Crippen LogP contribution is 2.42. The van der Waals surface area contributed by atoms with E-state index in [0.717, 1.165) is 12.8 Å². The lowest BCUT2D eigenvalue weighted by Crippen LogP contribution is -2.71. The van der Waals surface area contributed by atoms with Crippen LogP contribution in [0.1, 0.15) is 47.0 Å². The lowest BCUT2D eigenvalue weighted by Gasteiger charge is -2.46. The molecule has 0 radical (unpaired) electrons. The summed E-state index contributed by atoms with van der Waals surface area (Å²) in [4.78, 5) is 27.0. The number of nitrogens with zero attached hydrogens (tertiary/aromatic N) is 1. The fourth-order valence-corrected chi connectivity index (χ4v) is 2.97. The summed E-state index contributed by atoms with van der Waals surface area (Å²) in [6.07, 6.45) is 2.65. The molecule has 1 aliphatic carbocycles. The molecule has 1 N–H and O–H groups in total. The van der Waals surface area contributed by atoms with Crippen LogP contribution in [0.2, 0.25) is 0 Å². The van der Waals surface area contributed by atoms with Crippen molar-refractivity contribution in [3.63, 3.8) is 0 Å². The Morgan fingerprint density at radius 2 is 2.00 bits per heavy atom. The van der Waals surface area contributed by atoms with Gasteiger partial charge in [0.15, 0.2) is 0 Å². The smallest absolute Gasteiger partial charge is 0.249 e. The van der Waals surface area contributed by atoms with Crippen molar-refractivity contribution in [1.82, 2.24) is 10.2 Å². The van der Waals surface area contributed by atoms with E-state index in [0.29, 0.717) is 13.0 Å². The van der Waals surface area contributed by atoms with Crippen LogP contribution in [0.3, 0.4) is 0 Å². The maximum Gasteiger partial charge on any atom is 0.249 e. The molecule has 1 heterocycles. The molecule has 2 amide bonds. The molecule has 2 aliphatic rings. The van der Waals surface area contributed by atoms with Gasteiger partial charge in [-0.2, -0.15) is 0 Å². The Kier molecular flexibility index (Phi) is 3.84. The second-order valence-electron chi connectivity index (χ2n) is 6.79. The van der Waals surface area contributed by atoms with Crippen LogP contribution in [0.25, 0.3) is 0 Å². The van der Waals surface area contributed by atoms with E-state index in [9.17, 15) is 9.59 Å². The Morgan fingerprint density at radius 1 is 1.40 bits per heavy atom. The summed E-state index contributed by atoms with van der Waals surface area (Å²) in [7, 11) is 1.63. The van der Waals surface area contributed by atoms with Gasteiger partial charge < -0.3 is 15.0 Å². The third kappa shape index (κ3) is 2.55. The second kappa shape index (κ2) is 5.02. The average molecular weight is 282 g/mol. The second-order valence-corrected chi connectivity index (χ2v) is 6.79. The predicted octanol–water partition coefficient (Wildman–Crippen LogP) is 1.32. The normalized spacial score (nSPS) is 31.4. The van der Waals surface area contributed by atoms with Gasteiger partial charge in [0.1, 0.15) is 11.6 Å². The molecule has 0 aromatic rings. The maximum atomic E-state index is 12.9. The van der Waals surface area contributed by atoms with Crippen molar-refractivity contribution in [3.05, 3.63) is 0 Å². The summed E-state index contributed by atoms with van der Waals surface area (Å²) in [6, 6.07) is -0.385. The fraction of sp³-hybridized carbons (Fsp3) is 0.867. The van der Waals surface area contributed by atoms with Crippen molar-refractivity contribution >= 4 is 11.8 Å².